The van der Waals surface area contributed by atoms with Gasteiger partial charge in [-0.05, 0) is 23.3 Å². The highest BCUT2D eigenvalue weighted by molar-refractivity contribution is 6.21. The number of fused-ring (bicyclic) bond motifs is 1. The third kappa shape index (κ3) is 2.96. The molecule has 0 radical (unpaired) electrons. The fourth-order valence-electron chi connectivity index (χ4n) is 3.50. The molecule has 2 aliphatic rings. The lowest BCUT2D eigenvalue weighted by Gasteiger charge is -2.20. The van der Waals surface area contributed by atoms with Crippen molar-refractivity contribution in [3.8, 4) is 0 Å². The van der Waals surface area contributed by atoms with Gasteiger partial charge in [-0.15, -0.1) is 0 Å². The Balaban J connectivity index is 1.44. The van der Waals surface area contributed by atoms with Crippen molar-refractivity contribution in [2.75, 3.05) is 6.61 Å². The fourth-order valence-corrected chi connectivity index (χ4v) is 3.50. The predicted octanol–water partition coefficient (Wildman–Crippen LogP) is 2.56. The summed E-state index contributed by atoms with van der Waals surface area (Å²) < 4.78 is 5.68. The van der Waals surface area contributed by atoms with Crippen LogP contribution < -0.4 is 0 Å². The van der Waals surface area contributed by atoms with E-state index in [4.69, 9.17) is 4.74 Å². The number of aliphatic hydroxyl groups is 1. The van der Waals surface area contributed by atoms with E-state index in [-0.39, 0.29) is 18.4 Å². The SMILES string of the molecule is O=C1c2ccccc2C(=O)N1[C@@H]1C=C(COCc2ccccc2)[C@@H](O)C1. The van der Waals surface area contributed by atoms with Crippen molar-refractivity contribution in [2.45, 2.75) is 25.2 Å². The van der Waals surface area contributed by atoms with Crippen molar-refractivity contribution in [1.29, 1.82) is 0 Å². The summed E-state index contributed by atoms with van der Waals surface area (Å²) in [6, 6.07) is 16.2. The normalized spacial score (nSPS) is 21.9. The number of carbonyl (C=O) groups excluding carboxylic acids is 2. The minimum Gasteiger partial charge on any atom is -0.389 e. The molecule has 0 fully saturated rings. The quantitative estimate of drug-likeness (QED) is 0.665. The number of hydrogen-bond donors (Lipinski definition) is 1. The zero-order chi connectivity index (χ0) is 18.1. The molecule has 1 N–H and O–H groups in total. The van der Waals surface area contributed by atoms with E-state index >= 15 is 0 Å². The number of benzene rings is 2. The van der Waals surface area contributed by atoms with Gasteiger partial charge in [0.15, 0.2) is 0 Å². The molecule has 0 saturated heterocycles. The van der Waals surface area contributed by atoms with E-state index in [2.05, 4.69) is 0 Å². The molecule has 0 bridgehead atoms. The Hall–Kier alpha value is -2.76. The Morgan fingerprint density at radius 1 is 0.923 bits per heavy atom. The lowest BCUT2D eigenvalue weighted by Crippen LogP contribution is -2.38. The van der Waals surface area contributed by atoms with E-state index in [0.29, 0.717) is 29.7 Å². The molecule has 0 aromatic heterocycles. The van der Waals surface area contributed by atoms with Gasteiger partial charge in [-0.25, -0.2) is 0 Å². The van der Waals surface area contributed by atoms with E-state index in [0.717, 1.165) is 5.56 Å². The average molecular weight is 349 g/mol. The van der Waals surface area contributed by atoms with Crippen molar-refractivity contribution in [2.24, 2.45) is 0 Å². The molecule has 2 atom stereocenters. The van der Waals surface area contributed by atoms with E-state index in [9.17, 15) is 14.7 Å². The van der Waals surface area contributed by atoms with Crippen LogP contribution in [0, 0.1) is 0 Å². The van der Waals surface area contributed by atoms with Gasteiger partial charge in [0.25, 0.3) is 11.8 Å². The standard InChI is InChI=1S/C21H19NO4/c23-19-11-16(10-15(19)13-26-12-14-6-2-1-3-7-14)22-20(24)17-8-4-5-9-18(17)21(22)25/h1-10,16,19,23H,11-13H2/t16-,19+/m1/s1. The molecule has 2 aromatic rings. The number of rotatable bonds is 5. The maximum absolute atomic E-state index is 12.6. The van der Waals surface area contributed by atoms with Crippen LogP contribution in [0.15, 0.2) is 66.2 Å². The van der Waals surface area contributed by atoms with Gasteiger partial charge < -0.3 is 9.84 Å². The lowest BCUT2D eigenvalue weighted by atomic mass is 10.1. The first-order valence-corrected chi connectivity index (χ1v) is 8.62. The number of hydrogen-bond acceptors (Lipinski definition) is 4. The Morgan fingerprint density at radius 3 is 2.19 bits per heavy atom. The minimum absolute atomic E-state index is 0.274. The van der Waals surface area contributed by atoms with Crippen LogP contribution in [0.4, 0.5) is 0 Å². The summed E-state index contributed by atoms with van der Waals surface area (Å²) in [5.41, 5.74) is 2.61. The molecular formula is C21H19NO4. The van der Waals surface area contributed by atoms with Gasteiger partial charge in [-0.2, -0.15) is 0 Å². The molecule has 0 saturated carbocycles. The molecule has 0 unspecified atom stereocenters. The number of aliphatic hydroxyl groups excluding tert-OH is 1. The molecule has 2 amide bonds. The molecule has 1 aliphatic carbocycles. The molecular weight excluding hydrogens is 330 g/mol. The van der Waals surface area contributed by atoms with Gasteiger partial charge >= 0.3 is 0 Å². The summed E-state index contributed by atoms with van der Waals surface area (Å²) in [6.45, 7) is 0.721. The first kappa shape index (κ1) is 16.7. The molecule has 4 rings (SSSR count). The van der Waals surface area contributed by atoms with Crippen LogP contribution in [0.2, 0.25) is 0 Å². The lowest BCUT2D eigenvalue weighted by molar-refractivity contribution is 0.0592. The Kier molecular flexibility index (Phi) is 4.41. The molecule has 5 nitrogen and oxygen atoms in total. The molecule has 0 spiro atoms. The Bertz CT molecular complexity index is 840. The van der Waals surface area contributed by atoms with Crippen LogP contribution in [0.25, 0.3) is 0 Å². The van der Waals surface area contributed by atoms with Crippen molar-refractivity contribution in [3.05, 3.63) is 82.9 Å². The van der Waals surface area contributed by atoms with Crippen LogP contribution in [-0.2, 0) is 11.3 Å². The number of amides is 2. The molecule has 1 aliphatic heterocycles. The van der Waals surface area contributed by atoms with Gasteiger partial charge in [0.05, 0.1) is 36.5 Å². The number of ether oxygens (including phenoxy) is 1. The Morgan fingerprint density at radius 2 is 1.54 bits per heavy atom. The molecule has 132 valence electrons. The third-order valence-corrected chi connectivity index (χ3v) is 4.84. The zero-order valence-corrected chi connectivity index (χ0v) is 14.2. The van der Waals surface area contributed by atoms with Gasteiger partial charge in [0.1, 0.15) is 0 Å². The van der Waals surface area contributed by atoms with Crippen LogP contribution in [0.3, 0.4) is 0 Å². The smallest absolute Gasteiger partial charge is 0.262 e. The number of carbonyl (C=O) groups is 2. The van der Waals surface area contributed by atoms with Gasteiger partial charge in [0.2, 0.25) is 0 Å². The molecule has 1 heterocycles. The first-order chi connectivity index (χ1) is 12.6. The maximum atomic E-state index is 12.6. The molecule has 2 aromatic carbocycles. The van der Waals surface area contributed by atoms with Crippen LogP contribution in [-0.4, -0.2) is 40.6 Å². The average Bonchev–Trinajstić information content (AvgIpc) is 3.14. The molecule has 5 heteroatoms. The highest BCUT2D eigenvalue weighted by Crippen LogP contribution is 2.31. The second kappa shape index (κ2) is 6.86. The Labute approximate surface area is 151 Å². The van der Waals surface area contributed by atoms with Gasteiger partial charge in [0, 0.05) is 6.42 Å². The summed E-state index contributed by atoms with van der Waals surface area (Å²) in [5, 5.41) is 10.3. The third-order valence-electron chi connectivity index (χ3n) is 4.84. The topological polar surface area (TPSA) is 66.8 Å². The van der Waals surface area contributed by atoms with E-state index in [1.807, 2.05) is 30.3 Å². The summed E-state index contributed by atoms with van der Waals surface area (Å²) in [6.07, 6.45) is 1.40. The molecule has 26 heavy (non-hydrogen) atoms. The van der Waals surface area contributed by atoms with E-state index in [1.165, 1.54) is 4.90 Å². The maximum Gasteiger partial charge on any atom is 0.262 e. The van der Waals surface area contributed by atoms with E-state index in [1.54, 1.807) is 30.3 Å². The summed E-state index contributed by atoms with van der Waals surface area (Å²) in [4.78, 5) is 26.4. The number of nitrogens with zero attached hydrogens (tertiary/aromatic N) is 1. The monoisotopic (exact) mass is 349 g/mol. The highest BCUT2D eigenvalue weighted by Gasteiger charge is 2.42. The van der Waals surface area contributed by atoms with Gasteiger partial charge in [-0.3, -0.25) is 14.5 Å². The van der Waals surface area contributed by atoms with E-state index < -0.39 is 12.1 Å². The number of imide groups is 1. The predicted molar refractivity (Wildman–Crippen MR) is 95.5 cm³/mol. The van der Waals surface area contributed by atoms with Crippen molar-refractivity contribution in [1.82, 2.24) is 4.90 Å². The fraction of sp³-hybridized carbons (Fsp3) is 0.238. The zero-order valence-electron chi connectivity index (χ0n) is 14.2. The highest BCUT2D eigenvalue weighted by atomic mass is 16.5. The summed E-state index contributed by atoms with van der Waals surface area (Å²) in [7, 11) is 0. The summed E-state index contributed by atoms with van der Waals surface area (Å²) >= 11 is 0. The largest absolute Gasteiger partial charge is 0.389 e. The van der Waals surface area contributed by atoms with Crippen molar-refractivity contribution < 1.29 is 19.4 Å². The van der Waals surface area contributed by atoms with Crippen LogP contribution >= 0.6 is 0 Å². The summed E-state index contributed by atoms with van der Waals surface area (Å²) in [5.74, 6) is -0.601. The second-order valence-electron chi connectivity index (χ2n) is 6.56. The minimum atomic E-state index is -0.708. The second-order valence-corrected chi connectivity index (χ2v) is 6.56. The van der Waals surface area contributed by atoms with Crippen LogP contribution in [0.5, 0.6) is 0 Å². The van der Waals surface area contributed by atoms with Crippen LogP contribution in [0.1, 0.15) is 32.7 Å². The van der Waals surface area contributed by atoms with Crippen molar-refractivity contribution in [3.63, 3.8) is 0 Å². The first-order valence-electron chi connectivity index (χ1n) is 8.62. The van der Waals surface area contributed by atoms with Gasteiger partial charge in [-0.1, -0.05) is 48.5 Å². The van der Waals surface area contributed by atoms with Crippen molar-refractivity contribution >= 4 is 11.8 Å².